The summed E-state index contributed by atoms with van der Waals surface area (Å²) < 4.78 is 5.33. The molecule has 0 aliphatic carbocycles. The molecule has 1 rings (SSSR count). The minimum Gasteiger partial charge on any atom is -0.396 e. The molecule has 1 aliphatic heterocycles. The SMILES string of the molecule is CCC(CC)(CCO)CNC(=O)CC1COCCN1.Cl. The summed E-state index contributed by atoms with van der Waals surface area (Å²) >= 11 is 0. The van der Waals surface area contributed by atoms with Gasteiger partial charge in [0.1, 0.15) is 0 Å². The second-order valence-corrected chi connectivity index (χ2v) is 5.39. The number of rotatable bonds is 8. The molecule has 1 heterocycles. The summed E-state index contributed by atoms with van der Waals surface area (Å²) in [6, 6.07) is 0.129. The smallest absolute Gasteiger partial charge is 0.221 e. The lowest BCUT2D eigenvalue weighted by Crippen LogP contribution is -2.45. The molecule has 6 heteroatoms. The average molecular weight is 309 g/mol. The first kappa shape index (κ1) is 19.6. The third kappa shape index (κ3) is 6.39. The Labute approximate surface area is 128 Å². The van der Waals surface area contributed by atoms with Gasteiger partial charge in [-0.15, -0.1) is 12.4 Å². The minimum absolute atomic E-state index is 0. The Morgan fingerprint density at radius 2 is 2.15 bits per heavy atom. The van der Waals surface area contributed by atoms with Gasteiger partial charge in [0.15, 0.2) is 0 Å². The Hall–Kier alpha value is -0.360. The number of ether oxygens (including phenoxy) is 1. The van der Waals surface area contributed by atoms with Gasteiger partial charge in [0, 0.05) is 32.2 Å². The summed E-state index contributed by atoms with van der Waals surface area (Å²) in [6.07, 6.45) is 3.14. The van der Waals surface area contributed by atoms with Crippen molar-refractivity contribution in [1.29, 1.82) is 0 Å². The fourth-order valence-electron chi connectivity index (χ4n) is 2.51. The lowest BCUT2D eigenvalue weighted by molar-refractivity contribution is -0.122. The van der Waals surface area contributed by atoms with Crippen LogP contribution in [-0.4, -0.2) is 50.0 Å². The number of amides is 1. The van der Waals surface area contributed by atoms with Gasteiger partial charge in [-0.1, -0.05) is 13.8 Å². The Morgan fingerprint density at radius 1 is 1.45 bits per heavy atom. The number of aliphatic hydroxyl groups is 1. The van der Waals surface area contributed by atoms with Crippen LogP contribution in [0.3, 0.4) is 0 Å². The van der Waals surface area contributed by atoms with Crippen LogP contribution < -0.4 is 10.6 Å². The number of halogens is 1. The molecule has 20 heavy (non-hydrogen) atoms. The average Bonchev–Trinajstić information content (AvgIpc) is 2.45. The molecule has 0 radical (unpaired) electrons. The van der Waals surface area contributed by atoms with Crippen LogP contribution >= 0.6 is 12.4 Å². The van der Waals surface area contributed by atoms with E-state index >= 15 is 0 Å². The summed E-state index contributed by atoms with van der Waals surface area (Å²) in [4.78, 5) is 11.9. The van der Waals surface area contributed by atoms with Crippen molar-refractivity contribution < 1.29 is 14.6 Å². The van der Waals surface area contributed by atoms with Gasteiger partial charge in [-0.2, -0.15) is 0 Å². The van der Waals surface area contributed by atoms with Crippen LogP contribution in [0.2, 0.25) is 0 Å². The maximum absolute atomic E-state index is 11.9. The van der Waals surface area contributed by atoms with Crippen molar-refractivity contribution in [2.24, 2.45) is 5.41 Å². The van der Waals surface area contributed by atoms with Crippen molar-refractivity contribution in [2.45, 2.75) is 45.6 Å². The number of hydrogen-bond donors (Lipinski definition) is 3. The predicted octanol–water partition coefficient (Wildman–Crippen LogP) is 1.09. The monoisotopic (exact) mass is 308 g/mol. The van der Waals surface area contributed by atoms with Crippen molar-refractivity contribution in [3.8, 4) is 0 Å². The van der Waals surface area contributed by atoms with E-state index in [-0.39, 0.29) is 36.4 Å². The number of carbonyl (C=O) groups is 1. The van der Waals surface area contributed by atoms with E-state index in [1.54, 1.807) is 0 Å². The standard InChI is InChI=1S/C14H28N2O3.ClH/c1-3-14(4-2,5-7-17)11-16-13(18)9-12-10-19-8-6-15-12;/h12,15,17H,3-11H2,1-2H3,(H,16,18);1H. The highest BCUT2D eigenvalue weighted by Gasteiger charge is 2.26. The zero-order valence-electron chi connectivity index (χ0n) is 12.6. The molecule has 1 aliphatic rings. The fourth-order valence-corrected chi connectivity index (χ4v) is 2.51. The van der Waals surface area contributed by atoms with Crippen LogP contribution in [0.1, 0.15) is 39.5 Å². The Bertz CT molecular complexity index is 267. The quantitative estimate of drug-likeness (QED) is 0.628. The van der Waals surface area contributed by atoms with Gasteiger partial charge in [0.25, 0.3) is 0 Å². The molecule has 120 valence electrons. The van der Waals surface area contributed by atoms with Gasteiger partial charge >= 0.3 is 0 Å². The molecule has 1 amide bonds. The zero-order chi connectivity index (χ0) is 14.1. The molecule has 1 unspecified atom stereocenters. The highest BCUT2D eigenvalue weighted by Crippen LogP contribution is 2.29. The van der Waals surface area contributed by atoms with Crippen LogP contribution in [0.15, 0.2) is 0 Å². The van der Waals surface area contributed by atoms with E-state index in [1.165, 1.54) is 0 Å². The van der Waals surface area contributed by atoms with E-state index in [2.05, 4.69) is 24.5 Å². The van der Waals surface area contributed by atoms with Crippen molar-refractivity contribution in [3.63, 3.8) is 0 Å². The molecule has 3 N–H and O–H groups in total. The van der Waals surface area contributed by atoms with Gasteiger partial charge in [0.05, 0.1) is 13.2 Å². The maximum atomic E-state index is 11.9. The van der Waals surface area contributed by atoms with Crippen molar-refractivity contribution in [3.05, 3.63) is 0 Å². The highest BCUT2D eigenvalue weighted by molar-refractivity contribution is 5.85. The summed E-state index contributed by atoms with van der Waals surface area (Å²) in [5, 5.41) is 15.4. The Morgan fingerprint density at radius 3 is 2.65 bits per heavy atom. The van der Waals surface area contributed by atoms with Crippen LogP contribution in [0.5, 0.6) is 0 Å². The molecule has 0 aromatic heterocycles. The molecular weight excluding hydrogens is 280 g/mol. The van der Waals surface area contributed by atoms with Crippen molar-refractivity contribution in [2.75, 3.05) is 32.9 Å². The van der Waals surface area contributed by atoms with E-state index < -0.39 is 0 Å². The minimum atomic E-state index is 0. The first-order chi connectivity index (χ1) is 9.15. The third-order valence-corrected chi connectivity index (χ3v) is 4.23. The van der Waals surface area contributed by atoms with E-state index in [4.69, 9.17) is 9.84 Å². The zero-order valence-corrected chi connectivity index (χ0v) is 13.4. The van der Waals surface area contributed by atoms with Crippen LogP contribution in [0.25, 0.3) is 0 Å². The molecule has 0 aromatic carbocycles. The van der Waals surface area contributed by atoms with Crippen LogP contribution in [0.4, 0.5) is 0 Å². The van der Waals surface area contributed by atoms with Gasteiger partial charge in [-0.05, 0) is 24.7 Å². The molecule has 5 nitrogen and oxygen atoms in total. The van der Waals surface area contributed by atoms with E-state index in [0.717, 1.165) is 32.4 Å². The first-order valence-electron chi connectivity index (χ1n) is 7.34. The molecular formula is C14H29ClN2O3. The van der Waals surface area contributed by atoms with Gasteiger partial charge in [-0.25, -0.2) is 0 Å². The Kier molecular flexibility index (Phi) is 10.2. The molecule has 0 bridgehead atoms. The number of hydrogen-bond acceptors (Lipinski definition) is 4. The van der Waals surface area contributed by atoms with E-state index in [0.29, 0.717) is 19.6 Å². The summed E-state index contributed by atoms with van der Waals surface area (Å²) in [6.45, 7) is 7.20. The largest absolute Gasteiger partial charge is 0.396 e. The summed E-state index contributed by atoms with van der Waals surface area (Å²) in [5.74, 6) is 0.0622. The molecule has 1 fully saturated rings. The topological polar surface area (TPSA) is 70.6 Å². The highest BCUT2D eigenvalue weighted by atomic mass is 35.5. The molecule has 0 aromatic rings. The second-order valence-electron chi connectivity index (χ2n) is 5.39. The lowest BCUT2D eigenvalue weighted by atomic mass is 9.79. The fraction of sp³-hybridized carbons (Fsp3) is 0.929. The summed E-state index contributed by atoms with van der Waals surface area (Å²) in [5.41, 5.74) is 0.0287. The predicted molar refractivity (Wildman–Crippen MR) is 82.2 cm³/mol. The molecule has 1 saturated heterocycles. The van der Waals surface area contributed by atoms with Gasteiger partial charge in [0.2, 0.25) is 5.91 Å². The lowest BCUT2D eigenvalue weighted by Gasteiger charge is -2.31. The maximum Gasteiger partial charge on any atom is 0.221 e. The van der Waals surface area contributed by atoms with E-state index in [1.807, 2.05) is 0 Å². The van der Waals surface area contributed by atoms with Gasteiger partial charge in [-0.3, -0.25) is 4.79 Å². The van der Waals surface area contributed by atoms with Gasteiger partial charge < -0.3 is 20.5 Å². The summed E-state index contributed by atoms with van der Waals surface area (Å²) in [7, 11) is 0. The van der Waals surface area contributed by atoms with E-state index in [9.17, 15) is 4.79 Å². The number of aliphatic hydroxyl groups excluding tert-OH is 1. The molecule has 0 spiro atoms. The van der Waals surface area contributed by atoms with Crippen molar-refractivity contribution in [1.82, 2.24) is 10.6 Å². The first-order valence-corrected chi connectivity index (χ1v) is 7.34. The number of carbonyl (C=O) groups excluding carboxylic acids is 1. The Balaban J connectivity index is 0.00000361. The number of morpholine rings is 1. The number of nitrogens with one attached hydrogen (secondary N) is 2. The molecule has 1 atom stereocenters. The normalized spacial score (nSPS) is 19.2. The third-order valence-electron chi connectivity index (χ3n) is 4.23. The second kappa shape index (κ2) is 10.4. The van der Waals surface area contributed by atoms with Crippen LogP contribution in [-0.2, 0) is 9.53 Å². The van der Waals surface area contributed by atoms with Crippen LogP contribution in [0, 0.1) is 5.41 Å². The van der Waals surface area contributed by atoms with Crippen molar-refractivity contribution >= 4 is 18.3 Å². The molecule has 0 saturated carbocycles.